The Morgan fingerprint density at radius 3 is 1.27 bits per heavy atom. The Kier molecular flexibility index (Phi) is 5.76. The first-order valence-electron chi connectivity index (χ1n) is 16.6. The highest BCUT2D eigenvalue weighted by Gasteiger charge is 2.24. The number of hydrogen-bond donors (Lipinski definition) is 0. The molecule has 7 aromatic rings. The molecule has 0 bridgehead atoms. The molecular formula is C40H40N2O2. The van der Waals surface area contributed by atoms with Gasteiger partial charge in [-0.25, -0.2) is 0 Å². The molecule has 0 amide bonds. The Labute approximate surface area is 258 Å². The van der Waals surface area contributed by atoms with Gasteiger partial charge in [0, 0.05) is 59.1 Å². The Balaban J connectivity index is 1.15. The molecule has 4 unspecified atom stereocenters. The first kappa shape index (κ1) is 26.2. The van der Waals surface area contributed by atoms with Gasteiger partial charge in [-0.15, -0.1) is 0 Å². The van der Waals surface area contributed by atoms with Crippen LogP contribution < -0.4 is 9.80 Å². The van der Waals surface area contributed by atoms with E-state index in [4.69, 9.17) is 8.83 Å². The molecular weight excluding hydrogens is 540 g/mol. The van der Waals surface area contributed by atoms with Crippen LogP contribution in [0.3, 0.4) is 0 Å². The molecule has 0 radical (unpaired) electrons. The van der Waals surface area contributed by atoms with Crippen LogP contribution >= 0.6 is 0 Å². The first-order chi connectivity index (χ1) is 21.4. The second kappa shape index (κ2) is 9.66. The summed E-state index contributed by atoms with van der Waals surface area (Å²) in [4.78, 5) is 5.11. The van der Waals surface area contributed by atoms with Crippen LogP contribution in [0.15, 0.2) is 81.6 Å². The molecule has 0 saturated carbocycles. The molecule has 4 heterocycles. The molecule has 2 aliphatic rings. The van der Waals surface area contributed by atoms with E-state index in [2.05, 4.69) is 110 Å². The molecule has 0 N–H and O–H groups in total. The molecule has 0 aliphatic carbocycles. The molecule has 4 atom stereocenters. The number of furan rings is 2. The molecule has 9 rings (SSSR count). The van der Waals surface area contributed by atoms with Crippen molar-refractivity contribution in [2.75, 3.05) is 36.0 Å². The highest BCUT2D eigenvalue weighted by atomic mass is 16.4. The van der Waals surface area contributed by atoms with Gasteiger partial charge in [0.1, 0.15) is 11.2 Å². The lowest BCUT2D eigenvalue weighted by molar-refractivity contribution is 0.357. The van der Waals surface area contributed by atoms with Gasteiger partial charge in [0.2, 0.25) is 0 Å². The summed E-state index contributed by atoms with van der Waals surface area (Å²) >= 11 is 0. The van der Waals surface area contributed by atoms with Crippen molar-refractivity contribution < 1.29 is 8.83 Å². The lowest BCUT2D eigenvalue weighted by Crippen LogP contribution is -2.38. The van der Waals surface area contributed by atoms with Crippen molar-refractivity contribution in [2.24, 2.45) is 23.7 Å². The maximum atomic E-state index is 6.62. The van der Waals surface area contributed by atoms with Crippen LogP contribution in [0.5, 0.6) is 0 Å². The minimum Gasteiger partial charge on any atom is -0.452 e. The van der Waals surface area contributed by atoms with E-state index >= 15 is 0 Å². The summed E-state index contributed by atoms with van der Waals surface area (Å²) in [7, 11) is 0. The Morgan fingerprint density at radius 1 is 0.455 bits per heavy atom. The SMILES string of the molecule is CC1CC(C)CN(c2ccc3cc4c(cc3c2)oc2c4ccc3c4cc5ccc(N6CC(C)CC(C)C6)cc5cc4oc32)C1. The fraction of sp³-hybridized carbons (Fsp3) is 0.350. The fourth-order valence-corrected chi connectivity index (χ4v) is 8.67. The zero-order chi connectivity index (χ0) is 29.7. The van der Waals surface area contributed by atoms with Crippen molar-refractivity contribution in [1.82, 2.24) is 0 Å². The maximum absolute atomic E-state index is 6.62. The van der Waals surface area contributed by atoms with Crippen molar-refractivity contribution in [3.05, 3.63) is 72.8 Å². The molecule has 222 valence electrons. The van der Waals surface area contributed by atoms with Gasteiger partial charge < -0.3 is 18.6 Å². The van der Waals surface area contributed by atoms with Gasteiger partial charge in [-0.05, 0) is 119 Å². The summed E-state index contributed by atoms with van der Waals surface area (Å²) in [6.45, 7) is 14.0. The van der Waals surface area contributed by atoms with Crippen LogP contribution in [-0.2, 0) is 0 Å². The third-order valence-electron chi connectivity index (χ3n) is 10.4. The zero-order valence-corrected chi connectivity index (χ0v) is 26.2. The first-order valence-corrected chi connectivity index (χ1v) is 16.6. The number of piperidine rings is 2. The van der Waals surface area contributed by atoms with Gasteiger partial charge >= 0.3 is 0 Å². The minimum atomic E-state index is 0.723. The van der Waals surface area contributed by atoms with Crippen LogP contribution in [0.2, 0.25) is 0 Å². The topological polar surface area (TPSA) is 32.8 Å². The van der Waals surface area contributed by atoms with Crippen LogP contribution in [0, 0.1) is 23.7 Å². The average Bonchev–Trinajstić information content (AvgIpc) is 3.54. The van der Waals surface area contributed by atoms with Crippen LogP contribution in [0.4, 0.5) is 11.4 Å². The Hall–Kier alpha value is -4.18. The van der Waals surface area contributed by atoms with Gasteiger partial charge in [0.15, 0.2) is 11.2 Å². The van der Waals surface area contributed by atoms with Crippen molar-refractivity contribution in [1.29, 1.82) is 0 Å². The van der Waals surface area contributed by atoms with E-state index < -0.39 is 0 Å². The van der Waals surface area contributed by atoms with E-state index in [-0.39, 0.29) is 0 Å². The lowest BCUT2D eigenvalue weighted by atomic mass is 9.91. The standard InChI is InChI=1S/C40H40N2O2/c1-23-11-24(2)20-41(19-23)31-7-5-27-15-35-33-9-10-34-36-16-28-6-8-32(42-21-25(3)12-26(4)22-42)14-30(28)18-38(36)44-40(34)39(33)43-37(35)17-29(27)13-31/h5-10,13-18,23-26H,11-12,19-22H2,1-4H3. The molecule has 2 fully saturated rings. The summed E-state index contributed by atoms with van der Waals surface area (Å²) in [5, 5.41) is 9.43. The number of benzene rings is 5. The number of fused-ring (bicyclic) bond motifs is 9. The largest absolute Gasteiger partial charge is 0.452 e. The molecule has 44 heavy (non-hydrogen) atoms. The normalized spacial score (nSPS) is 23.3. The predicted molar refractivity (Wildman–Crippen MR) is 186 cm³/mol. The monoisotopic (exact) mass is 580 g/mol. The minimum absolute atomic E-state index is 0.723. The van der Waals surface area contributed by atoms with Gasteiger partial charge in [-0.2, -0.15) is 0 Å². The van der Waals surface area contributed by atoms with Crippen molar-refractivity contribution in [3.8, 4) is 0 Å². The van der Waals surface area contributed by atoms with E-state index in [0.29, 0.717) is 0 Å². The van der Waals surface area contributed by atoms with Crippen LogP contribution in [0.1, 0.15) is 40.5 Å². The smallest absolute Gasteiger partial charge is 0.178 e. The highest BCUT2D eigenvalue weighted by molar-refractivity contribution is 6.21. The van der Waals surface area contributed by atoms with E-state index in [0.717, 1.165) is 93.7 Å². The van der Waals surface area contributed by atoms with Gasteiger partial charge in [0.25, 0.3) is 0 Å². The molecule has 4 nitrogen and oxygen atoms in total. The maximum Gasteiger partial charge on any atom is 0.178 e. The number of nitrogens with zero attached hydrogens (tertiary/aromatic N) is 2. The fourth-order valence-electron chi connectivity index (χ4n) is 8.67. The van der Waals surface area contributed by atoms with Crippen LogP contribution in [0.25, 0.3) is 65.4 Å². The second-order valence-electron chi connectivity index (χ2n) is 14.5. The predicted octanol–water partition coefficient (Wildman–Crippen LogP) is 10.8. The van der Waals surface area contributed by atoms with E-state index in [1.807, 2.05) is 0 Å². The zero-order valence-electron chi connectivity index (χ0n) is 26.2. The van der Waals surface area contributed by atoms with Gasteiger partial charge in [-0.1, -0.05) is 39.8 Å². The summed E-state index contributed by atoms with van der Waals surface area (Å²) in [6.07, 6.45) is 2.63. The molecule has 2 aromatic heterocycles. The van der Waals surface area contributed by atoms with Gasteiger partial charge in [0.05, 0.1) is 0 Å². The Bertz CT molecular complexity index is 2060. The summed E-state index contributed by atoms with van der Waals surface area (Å²) in [6, 6.07) is 27.3. The molecule has 2 saturated heterocycles. The van der Waals surface area contributed by atoms with Crippen molar-refractivity contribution >= 4 is 76.8 Å². The molecule has 4 heteroatoms. The van der Waals surface area contributed by atoms with Crippen molar-refractivity contribution in [2.45, 2.75) is 40.5 Å². The molecule has 2 aliphatic heterocycles. The van der Waals surface area contributed by atoms with E-state index in [9.17, 15) is 0 Å². The number of hydrogen-bond acceptors (Lipinski definition) is 4. The third-order valence-corrected chi connectivity index (χ3v) is 10.4. The molecule has 5 aromatic carbocycles. The Morgan fingerprint density at radius 2 is 0.864 bits per heavy atom. The number of rotatable bonds is 2. The summed E-state index contributed by atoms with van der Waals surface area (Å²) < 4.78 is 13.2. The van der Waals surface area contributed by atoms with Crippen LogP contribution in [-0.4, -0.2) is 26.2 Å². The summed E-state index contributed by atoms with van der Waals surface area (Å²) in [5.74, 6) is 2.89. The third kappa shape index (κ3) is 4.17. The van der Waals surface area contributed by atoms with Crippen molar-refractivity contribution in [3.63, 3.8) is 0 Å². The highest BCUT2D eigenvalue weighted by Crippen LogP contribution is 2.42. The average molecular weight is 581 g/mol. The van der Waals surface area contributed by atoms with E-state index in [1.54, 1.807) is 0 Å². The second-order valence-corrected chi connectivity index (χ2v) is 14.5. The number of anilines is 2. The van der Waals surface area contributed by atoms with Gasteiger partial charge in [-0.3, -0.25) is 0 Å². The summed E-state index contributed by atoms with van der Waals surface area (Å²) in [5.41, 5.74) is 6.12. The van der Waals surface area contributed by atoms with E-state index in [1.165, 1.54) is 45.8 Å². The quantitative estimate of drug-likeness (QED) is 0.204. The molecule has 0 spiro atoms. The lowest BCUT2D eigenvalue weighted by Gasteiger charge is -2.36.